The molecule has 2 aromatic rings. The van der Waals surface area contributed by atoms with Crippen molar-refractivity contribution in [1.82, 2.24) is 4.90 Å². The van der Waals surface area contributed by atoms with E-state index in [1.807, 2.05) is 11.3 Å². The first-order valence-electron chi connectivity index (χ1n) is 7.40. The van der Waals surface area contributed by atoms with Crippen molar-refractivity contribution < 1.29 is 0 Å². The molecule has 106 valence electrons. The highest BCUT2D eigenvalue weighted by Crippen LogP contribution is 2.31. The zero-order valence-electron chi connectivity index (χ0n) is 12.0. The van der Waals surface area contributed by atoms with Gasteiger partial charge in [0, 0.05) is 35.7 Å². The Bertz CT molecular complexity index is 505. The van der Waals surface area contributed by atoms with Gasteiger partial charge in [0.1, 0.15) is 0 Å². The molecule has 1 saturated carbocycles. The molecule has 3 rings (SSSR count). The number of nitrogens with one attached hydrogen (secondary N) is 1. The fraction of sp³-hybridized carbons (Fsp3) is 0.412. The van der Waals surface area contributed by atoms with E-state index in [0.717, 1.165) is 19.1 Å². The third kappa shape index (κ3) is 3.62. The minimum atomic E-state index is 0.560. The van der Waals surface area contributed by atoms with Crippen molar-refractivity contribution in [2.24, 2.45) is 0 Å². The average Bonchev–Trinajstić information content (AvgIpc) is 3.20. The lowest BCUT2D eigenvalue weighted by molar-refractivity contribution is 0.199. The van der Waals surface area contributed by atoms with Crippen LogP contribution in [0.15, 0.2) is 47.8 Å². The van der Waals surface area contributed by atoms with E-state index in [4.69, 9.17) is 0 Å². The quantitative estimate of drug-likeness (QED) is 0.820. The van der Waals surface area contributed by atoms with Crippen molar-refractivity contribution in [2.75, 3.05) is 11.9 Å². The number of rotatable bonds is 7. The maximum Gasteiger partial charge on any atom is 0.0340 e. The van der Waals surface area contributed by atoms with Crippen LogP contribution in [-0.4, -0.2) is 23.5 Å². The summed E-state index contributed by atoms with van der Waals surface area (Å²) in [6.45, 7) is 4.44. The summed E-state index contributed by atoms with van der Waals surface area (Å²) >= 11 is 1.87. The molecule has 1 aromatic heterocycles. The van der Waals surface area contributed by atoms with Gasteiger partial charge in [0.15, 0.2) is 0 Å². The maximum absolute atomic E-state index is 3.55. The summed E-state index contributed by atoms with van der Waals surface area (Å²) in [6.07, 6.45) is 2.72. The maximum atomic E-state index is 3.55. The number of thiophene rings is 1. The molecule has 2 nitrogen and oxygen atoms in total. The topological polar surface area (TPSA) is 15.3 Å². The Balaban J connectivity index is 1.57. The van der Waals surface area contributed by atoms with Crippen molar-refractivity contribution in [3.05, 3.63) is 52.7 Å². The van der Waals surface area contributed by atoms with Gasteiger partial charge in [-0.2, -0.15) is 0 Å². The van der Waals surface area contributed by atoms with E-state index in [9.17, 15) is 0 Å². The Kier molecular flexibility index (Phi) is 4.38. The van der Waals surface area contributed by atoms with E-state index in [1.165, 1.54) is 23.4 Å². The third-order valence-corrected chi connectivity index (χ3v) is 4.74. The van der Waals surface area contributed by atoms with Gasteiger partial charge in [-0.15, -0.1) is 11.3 Å². The van der Waals surface area contributed by atoms with Crippen LogP contribution in [0.2, 0.25) is 0 Å². The highest BCUT2D eigenvalue weighted by molar-refractivity contribution is 7.09. The van der Waals surface area contributed by atoms with Gasteiger partial charge >= 0.3 is 0 Å². The smallest absolute Gasteiger partial charge is 0.0340 e. The first-order chi connectivity index (χ1) is 9.83. The summed E-state index contributed by atoms with van der Waals surface area (Å²) in [4.78, 5) is 4.13. The van der Waals surface area contributed by atoms with E-state index < -0.39 is 0 Å². The lowest BCUT2D eigenvalue weighted by atomic mass is 10.2. The van der Waals surface area contributed by atoms with Gasteiger partial charge in [0.25, 0.3) is 0 Å². The summed E-state index contributed by atoms with van der Waals surface area (Å²) in [6, 6.07) is 16.2. The summed E-state index contributed by atoms with van der Waals surface area (Å²) in [5.74, 6) is 0. The van der Waals surface area contributed by atoms with Gasteiger partial charge in [-0.25, -0.2) is 0 Å². The second-order valence-corrected chi connectivity index (χ2v) is 6.61. The Labute approximate surface area is 125 Å². The van der Waals surface area contributed by atoms with Gasteiger partial charge < -0.3 is 5.32 Å². The zero-order chi connectivity index (χ0) is 13.8. The average molecular weight is 286 g/mol. The number of para-hydroxylation sites is 1. The predicted molar refractivity (Wildman–Crippen MR) is 87.3 cm³/mol. The standard InChI is InChI=1S/C17H22N2S/c1-14(12-18-15-6-3-2-4-7-15)19(16-9-10-16)13-17-8-5-11-20-17/h2-8,11,14,16,18H,9-10,12-13H2,1H3. The van der Waals surface area contributed by atoms with E-state index in [-0.39, 0.29) is 0 Å². The Morgan fingerprint density at radius 2 is 2.00 bits per heavy atom. The predicted octanol–water partition coefficient (Wildman–Crippen LogP) is 4.21. The monoisotopic (exact) mass is 286 g/mol. The van der Waals surface area contributed by atoms with Crippen molar-refractivity contribution in [1.29, 1.82) is 0 Å². The molecule has 1 aliphatic rings. The van der Waals surface area contributed by atoms with Crippen LogP contribution in [0.25, 0.3) is 0 Å². The Morgan fingerprint density at radius 1 is 1.20 bits per heavy atom. The second-order valence-electron chi connectivity index (χ2n) is 5.58. The second kappa shape index (κ2) is 6.42. The Morgan fingerprint density at radius 3 is 2.65 bits per heavy atom. The van der Waals surface area contributed by atoms with E-state index in [0.29, 0.717) is 6.04 Å². The van der Waals surface area contributed by atoms with Crippen LogP contribution in [-0.2, 0) is 6.54 Å². The molecule has 1 heterocycles. The largest absolute Gasteiger partial charge is 0.383 e. The van der Waals surface area contributed by atoms with Crippen molar-refractivity contribution in [3.8, 4) is 0 Å². The van der Waals surface area contributed by atoms with Crippen LogP contribution < -0.4 is 5.32 Å². The molecule has 0 radical (unpaired) electrons. The minimum absolute atomic E-state index is 0.560. The lowest BCUT2D eigenvalue weighted by Crippen LogP contribution is -2.38. The van der Waals surface area contributed by atoms with E-state index in [2.05, 4.69) is 65.0 Å². The van der Waals surface area contributed by atoms with Gasteiger partial charge in [0.05, 0.1) is 0 Å². The van der Waals surface area contributed by atoms with E-state index in [1.54, 1.807) is 0 Å². The molecule has 0 bridgehead atoms. The highest BCUT2D eigenvalue weighted by atomic mass is 32.1. The summed E-state index contributed by atoms with van der Waals surface area (Å²) in [5.41, 5.74) is 1.21. The van der Waals surface area contributed by atoms with Crippen LogP contribution in [0.4, 0.5) is 5.69 Å². The lowest BCUT2D eigenvalue weighted by Gasteiger charge is -2.29. The highest BCUT2D eigenvalue weighted by Gasteiger charge is 2.32. The molecule has 1 unspecified atom stereocenters. The fourth-order valence-corrected chi connectivity index (χ4v) is 3.28. The van der Waals surface area contributed by atoms with Gasteiger partial charge in [-0.1, -0.05) is 24.3 Å². The SMILES string of the molecule is CC(CNc1ccccc1)N(Cc1cccs1)C1CC1. The fourth-order valence-electron chi connectivity index (χ4n) is 2.57. The van der Waals surface area contributed by atoms with Crippen molar-refractivity contribution in [3.63, 3.8) is 0 Å². The Hall–Kier alpha value is -1.32. The number of benzene rings is 1. The number of hydrogen-bond donors (Lipinski definition) is 1. The summed E-state index contributed by atoms with van der Waals surface area (Å²) in [7, 11) is 0. The molecular weight excluding hydrogens is 264 g/mol. The van der Waals surface area contributed by atoms with Crippen LogP contribution in [0.5, 0.6) is 0 Å². The molecule has 0 spiro atoms. The van der Waals surface area contributed by atoms with Crippen LogP contribution in [0, 0.1) is 0 Å². The number of hydrogen-bond acceptors (Lipinski definition) is 3. The molecular formula is C17H22N2S. The summed E-state index contributed by atoms with van der Waals surface area (Å²) < 4.78 is 0. The molecule has 1 aliphatic carbocycles. The zero-order valence-corrected chi connectivity index (χ0v) is 12.8. The van der Waals surface area contributed by atoms with Gasteiger partial charge in [-0.05, 0) is 43.3 Å². The van der Waals surface area contributed by atoms with E-state index >= 15 is 0 Å². The third-order valence-electron chi connectivity index (χ3n) is 3.88. The van der Waals surface area contributed by atoms with Crippen LogP contribution in [0.1, 0.15) is 24.6 Å². The molecule has 0 saturated heterocycles. The van der Waals surface area contributed by atoms with Gasteiger partial charge in [0.2, 0.25) is 0 Å². The first-order valence-corrected chi connectivity index (χ1v) is 8.28. The molecule has 1 fully saturated rings. The molecule has 0 aliphatic heterocycles. The van der Waals surface area contributed by atoms with Gasteiger partial charge in [-0.3, -0.25) is 4.90 Å². The normalized spacial score (nSPS) is 16.3. The number of nitrogens with zero attached hydrogens (tertiary/aromatic N) is 1. The molecule has 3 heteroatoms. The molecule has 1 aromatic carbocycles. The van der Waals surface area contributed by atoms with Crippen LogP contribution >= 0.6 is 11.3 Å². The molecule has 20 heavy (non-hydrogen) atoms. The summed E-state index contributed by atoms with van der Waals surface area (Å²) in [5, 5.41) is 5.72. The molecule has 0 amide bonds. The van der Waals surface area contributed by atoms with Crippen molar-refractivity contribution in [2.45, 2.75) is 38.4 Å². The minimum Gasteiger partial charge on any atom is -0.383 e. The molecule has 1 atom stereocenters. The van der Waals surface area contributed by atoms with Crippen molar-refractivity contribution >= 4 is 17.0 Å². The molecule has 1 N–H and O–H groups in total. The first kappa shape index (κ1) is 13.7. The number of anilines is 1. The van der Waals surface area contributed by atoms with Crippen LogP contribution in [0.3, 0.4) is 0 Å².